The van der Waals surface area contributed by atoms with Crippen molar-refractivity contribution < 1.29 is 19.0 Å². The van der Waals surface area contributed by atoms with Gasteiger partial charge < -0.3 is 14.2 Å². The number of rotatable bonds is 5. The summed E-state index contributed by atoms with van der Waals surface area (Å²) in [5.41, 5.74) is 1.21. The van der Waals surface area contributed by atoms with E-state index in [1.807, 2.05) is 19.1 Å². The molecule has 23 heavy (non-hydrogen) atoms. The van der Waals surface area contributed by atoms with Crippen molar-refractivity contribution in [3.63, 3.8) is 0 Å². The molecule has 2 heterocycles. The summed E-state index contributed by atoms with van der Waals surface area (Å²) in [6.45, 7) is 5.55. The van der Waals surface area contributed by atoms with E-state index in [0.29, 0.717) is 19.8 Å². The summed E-state index contributed by atoms with van der Waals surface area (Å²) in [6.07, 6.45) is 1.72. The number of piperidine rings is 1. The fourth-order valence-corrected chi connectivity index (χ4v) is 3.53. The molecule has 2 aliphatic rings. The first kappa shape index (κ1) is 16.3. The van der Waals surface area contributed by atoms with Gasteiger partial charge in [-0.1, -0.05) is 12.1 Å². The van der Waals surface area contributed by atoms with Crippen LogP contribution in [0.25, 0.3) is 0 Å². The van der Waals surface area contributed by atoms with E-state index in [1.54, 1.807) is 7.11 Å². The lowest BCUT2D eigenvalue weighted by atomic mass is 9.83. The van der Waals surface area contributed by atoms with Crippen LogP contribution in [-0.4, -0.2) is 50.9 Å². The van der Waals surface area contributed by atoms with Crippen molar-refractivity contribution in [1.29, 1.82) is 0 Å². The van der Waals surface area contributed by atoms with Crippen LogP contribution in [0.4, 0.5) is 0 Å². The van der Waals surface area contributed by atoms with Crippen LogP contribution in [0.1, 0.15) is 25.3 Å². The Hall–Kier alpha value is -1.59. The molecule has 0 spiro atoms. The smallest absolute Gasteiger partial charge is 0.309 e. The third-order valence-electron chi connectivity index (χ3n) is 5.03. The van der Waals surface area contributed by atoms with Gasteiger partial charge in [-0.15, -0.1) is 0 Å². The molecule has 0 amide bonds. The summed E-state index contributed by atoms with van der Waals surface area (Å²) in [5, 5.41) is 0. The van der Waals surface area contributed by atoms with Gasteiger partial charge >= 0.3 is 5.97 Å². The van der Waals surface area contributed by atoms with Crippen LogP contribution in [0.3, 0.4) is 0 Å². The number of carbonyl (C=O) groups is 1. The maximum absolute atomic E-state index is 11.9. The molecule has 0 N–H and O–H groups in total. The molecule has 0 unspecified atom stereocenters. The summed E-state index contributed by atoms with van der Waals surface area (Å²) in [6, 6.07) is 8.25. The summed E-state index contributed by atoms with van der Waals surface area (Å²) in [4.78, 5) is 14.4. The highest BCUT2D eigenvalue weighted by Crippen LogP contribution is 2.39. The van der Waals surface area contributed by atoms with Gasteiger partial charge in [0.05, 0.1) is 38.4 Å². The molecular weight excluding hydrogens is 294 g/mol. The third kappa shape index (κ3) is 3.08. The van der Waals surface area contributed by atoms with Crippen LogP contribution in [0.2, 0.25) is 0 Å². The monoisotopic (exact) mass is 319 g/mol. The number of hydrogen-bond acceptors (Lipinski definition) is 5. The molecule has 1 aromatic rings. The van der Waals surface area contributed by atoms with Crippen LogP contribution < -0.4 is 4.74 Å². The summed E-state index contributed by atoms with van der Waals surface area (Å²) < 4.78 is 16.0. The van der Waals surface area contributed by atoms with E-state index in [9.17, 15) is 4.79 Å². The van der Waals surface area contributed by atoms with Crippen LogP contribution in [-0.2, 0) is 19.8 Å². The Balaban J connectivity index is 1.68. The third-order valence-corrected chi connectivity index (χ3v) is 5.03. The Bertz CT molecular complexity index is 530. The van der Waals surface area contributed by atoms with E-state index in [0.717, 1.165) is 31.7 Å². The summed E-state index contributed by atoms with van der Waals surface area (Å²) in [5.74, 6) is 0.862. The van der Waals surface area contributed by atoms with Crippen LogP contribution in [0, 0.1) is 5.92 Å². The summed E-state index contributed by atoms with van der Waals surface area (Å²) >= 11 is 0. The molecule has 0 atom stereocenters. The molecule has 0 saturated carbocycles. The summed E-state index contributed by atoms with van der Waals surface area (Å²) in [7, 11) is 1.68. The molecule has 2 saturated heterocycles. The Morgan fingerprint density at radius 3 is 2.39 bits per heavy atom. The molecule has 2 aliphatic heterocycles. The number of methoxy groups -OCH3 is 1. The number of hydrogen-bond donors (Lipinski definition) is 0. The minimum atomic E-state index is -0.0497. The van der Waals surface area contributed by atoms with Crippen molar-refractivity contribution >= 4 is 5.97 Å². The molecule has 5 heteroatoms. The van der Waals surface area contributed by atoms with Gasteiger partial charge in [0.2, 0.25) is 0 Å². The van der Waals surface area contributed by atoms with Gasteiger partial charge in [0.1, 0.15) is 5.75 Å². The van der Waals surface area contributed by atoms with Gasteiger partial charge in [-0.05, 0) is 50.6 Å². The Morgan fingerprint density at radius 1 is 1.26 bits per heavy atom. The molecule has 3 rings (SSSR count). The van der Waals surface area contributed by atoms with Crippen molar-refractivity contribution in [3.05, 3.63) is 29.8 Å². The molecule has 0 radical (unpaired) electrons. The number of esters is 1. The number of carbonyl (C=O) groups excluding carboxylic acids is 1. The first-order valence-electron chi connectivity index (χ1n) is 8.33. The van der Waals surface area contributed by atoms with E-state index in [1.165, 1.54) is 5.56 Å². The van der Waals surface area contributed by atoms with Gasteiger partial charge in [0.25, 0.3) is 0 Å². The second-order valence-electron chi connectivity index (χ2n) is 6.27. The lowest BCUT2D eigenvalue weighted by Gasteiger charge is -2.52. The SMILES string of the molecule is CCOC(=O)C1CCN(C2(c3ccc(OC)cc3)COC2)CC1. The molecule has 5 nitrogen and oxygen atoms in total. The Labute approximate surface area is 137 Å². The molecule has 2 fully saturated rings. The highest BCUT2D eigenvalue weighted by molar-refractivity contribution is 5.72. The highest BCUT2D eigenvalue weighted by Gasteiger charge is 2.47. The topological polar surface area (TPSA) is 48.0 Å². The van der Waals surface area contributed by atoms with Crippen molar-refractivity contribution in [3.8, 4) is 5.75 Å². The van der Waals surface area contributed by atoms with E-state index in [2.05, 4.69) is 17.0 Å². The van der Waals surface area contributed by atoms with Gasteiger partial charge in [-0.25, -0.2) is 0 Å². The Morgan fingerprint density at radius 2 is 1.91 bits per heavy atom. The van der Waals surface area contributed by atoms with Gasteiger partial charge in [-0.3, -0.25) is 9.69 Å². The quantitative estimate of drug-likeness (QED) is 0.779. The standard InChI is InChI=1S/C18H25NO4/c1-3-23-17(20)14-8-10-19(11-9-14)18(12-22-13-18)15-4-6-16(21-2)7-5-15/h4-7,14H,3,8-13H2,1-2H3. The zero-order valence-electron chi connectivity index (χ0n) is 13.9. The molecule has 0 aromatic heterocycles. The van der Waals surface area contributed by atoms with Gasteiger partial charge in [-0.2, -0.15) is 0 Å². The largest absolute Gasteiger partial charge is 0.497 e. The highest BCUT2D eigenvalue weighted by atomic mass is 16.5. The minimum absolute atomic E-state index is 0.0418. The van der Waals surface area contributed by atoms with Crippen LogP contribution in [0.15, 0.2) is 24.3 Å². The molecule has 1 aromatic carbocycles. The normalized spacial score (nSPS) is 21.5. The minimum Gasteiger partial charge on any atom is -0.497 e. The van der Waals surface area contributed by atoms with E-state index < -0.39 is 0 Å². The van der Waals surface area contributed by atoms with Crippen molar-refractivity contribution in [2.45, 2.75) is 25.3 Å². The second kappa shape index (κ2) is 6.89. The van der Waals surface area contributed by atoms with E-state index in [-0.39, 0.29) is 17.4 Å². The lowest BCUT2D eigenvalue weighted by Crippen LogP contribution is -2.61. The number of likely N-dealkylation sites (tertiary alicyclic amines) is 1. The van der Waals surface area contributed by atoms with Gasteiger partial charge in [0.15, 0.2) is 0 Å². The van der Waals surface area contributed by atoms with E-state index >= 15 is 0 Å². The Kier molecular flexibility index (Phi) is 4.87. The second-order valence-corrected chi connectivity index (χ2v) is 6.27. The number of ether oxygens (including phenoxy) is 3. The maximum Gasteiger partial charge on any atom is 0.309 e. The predicted molar refractivity (Wildman–Crippen MR) is 86.4 cm³/mol. The molecule has 0 aliphatic carbocycles. The lowest BCUT2D eigenvalue weighted by molar-refractivity contribution is -0.163. The average molecular weight is 319 g/mol. The van der Waals surface area contributed by atoms with Crippen molar-refractivity contribution in [1.82, 2.24) is 4.90 Å². The van der Waals surface area contributed by atoms with E-state index in [4.69, 9.17) is 14.2 Å². The first-order chi connectivity index (χ1) is 11.2. The fourth-order valence-electron chi connectivity index (χ4n) is 3.53. The van der Waals surface area contributed by atoms with Gasteiger partial charge in [0, 0.05) is 0 Å². The first-order valence-corrected chi connectivity index (χ1v) is 8.33. The number of nitrogens with zero attached hydrogens (tertiary/aromatic N) is 1. The average Bonchev–Trinajstić information content (AvgIpc) is 2.55. The molecular formula is C18H25NO4. The maximum atomic E-state index is 11.9. The van der Waals surface area contributed by atoms with Crippen LogP contribution in [0.5, 0.6) is 5.75 Å². The zero-order valence-corrected chi connectivity index (χ0v) is 13.9. The van der Waals surface area contributed by atoms with Crippen molar-refractivity contribution in [2.24, 2.45) is 5.92 Å². The van der Waals surface area contributed by atoms with Crippen LogP contribution >= 0.6 is 0 Å². The molecule has 0 bridgehead atoms. The molecule has 126 valence electrons. The fraction of sp³-hybridized carbons (Fsp3) is 0.611. The predicted octanol–water partition coefficient (Wildman–Crippen LogP) is 2.20. The number of benzene rings is 1. The van der Waals surface area contributed by atoms with Crippen molar-refractivity contribution in [2.75, 3.05) is 40.0 Å². The zero-order chi connectivity index (χ0) is 16.3.